The number of esters is 1. The Morgan fingerprint density at radius 3 is 2.76 bits per heavy atom. The van der Waals surface area contributed by atoms with Crippen molar-refractivity contribution in [1.29, 1.82) is 0 Å². The molecule has 9 heteroatoms. The fraction of sp³-hybridized carbons (Fsp3) is 0.583. The number of aromatic nitrogens is 2. The fourth-order valence-corrected chi connectivity index (χ4v) is 1.47. The molecule has 0 saturated heterocycles. The summed E-state index contributed by atoms with van der Waals surface area (Å²) in [6.07, 6.45) is 4.70. The van der Waals surface area contributed by atoms with Crippen molar-refractivity contribution in [3.05, 3.63) is 18.2 Å². The smallest absolute Gasteiger partial charge is 0.305 e. The van der Waals surface area contributed by atoms with Crippen molar-refractivity contribution in [2.24, 2.45) is 5.73 Å². The van der Waals surface area contributed by atoms with Crippen LogP contribution in [0.4, 0.5) is 0 Å². The summed E-state index contributed by atoms with van der Waals surface area (Å²) in [7, 11) is 0. The highest BCUT2D eigenvalue weighted by molar-refractivity contribution is 5.85. The van der Waals surface area contributed by atoms with Gasteiger partial charge in [-0.1, -0.05) is 6.92 Å². The van der Waals surface area contributed by atoms with Gasteiger partial charge in [0.1, 0.15) is 6.61 Å². The summed E-state index contributed by atoms with van der Waals surface area (Å²) in [6.45, 7) is 2.34. The lowest BCUT2D eigenvalue weighted by atomic mass is 10.1. The molecule has 7 nitrogen and oxygen atoms in total. The second kappa shape index (κ2) is 12.4. The van der Waals surface area contributed by atoms with Crippen LogP contribution in [0, 0.1) is 0 Å². The van der Waals surface area contributed by atoms with Crippen molar-refractivity contribution in [3.8, 4) is 0 Å². The van der Waals surface area contributed by atoms with Gasteiger partial charge in [0.2, 0.25) is 5.91 Å². The molecule has 1 rings (SSSR count). The van der Waals surface area contributed by atoms with E-state index in [4.69, 9.17) is 10.5 Å². The van der Waals surface area contributed by atoms with Gasteiger partial charge >= 0.3 is 5.97 Å². The first-order chi connectivity index (χ1) is 9.13. The van der Waals surface area contributed by atoms with Crippen LogP contribution in [-0.2, 0) is 20.7 Å². The Morgan fingerprint density at radius 1 is 1.48 bits per heavy atom. The van der Waals surface area contributed by atoms with Crippen LogP contribution in [0.2, 0.25) is 0 Å². The Balaban J connectivity index is 0. The van der Waals surface area contributed by atoms with E-state index < -0.39 is 6.04 Å². The van der Waals surface area contributed by atoms with Crippen LogP contribution in [-0.4, -0.2) is 41.0 Å². The monoisotopic (exact) mass is 340 g/mol. The van der Waals surface area contributed by atoms with Gasteiger partial charge in [0.25, 0.3) is 0 Å². The summed E-state index contributed by atoms with van der Waals surface area (Å²) in [4.78, 5) is 29.4. The Bertz CT molecular complexity index is 401. The van der Waals surface area contributed by atoms with Gasteiger partial charge in [-0.05, 0) is 6.42 Å². The van der Waals surface area contributed by atoms with Gasteiger partial charge in [0.05, 0.1) is 18.9 Å². The number of aromatic amines is 1. The second-order valence-electron chi connectivity index (χ2n) is 4.15. The molecule has 0 fully saturated rings. The minimum atomic E-state index is -0.646. The predicted octanol–water partition coefficient (Wildman–Crippen LogP) is 0.583. The highest BCUT2D eigenvalue weighted by atomic mass is 35.5. The largest absolute Gasteiger partial charge is 0.464 e. The third kappa shape index (κ3) is 9.28. The number of H-pyrrole nitrogens is 1. The Labute approximate surface area is 136 Å². The van der Waals surface area contributed by atoms with Crippen LogP contribution in [0.1, 0.15) is 25.5 Å². The van der Waals surface area contributed by atoms with Gasteiger partial charge in [-0.2, -0.15) is 0 Å². The molecule has 0 saturated carbocycles. The maximum absolute atomic E-state index is 11.6. The van der Waals surface area contributed by atoms with Crippen molar-refractivity contribution < 1.29 is 14.3 Å². The minimum absolute atomic E-state index is 0. The summed E-state index contributed by atoms with van der Waals surface area (Å²) in [5.41, 5.74) is 6.53. The number of imidazole rings is 1. The van der Waals surface area contributed by atoms with E-state index in [-0.39, 0.29) is 49.8 Å². The van der Waals surface area contributed by atoms with Crippen molar-refractivity contribution in [2.75, 3.05) is 13.2 Å². The molecule has 0 radical (unpaired) electrons. The quantitative estimate of drug-likeness (QED) is 0.473. The lowest BCUT2D eigenvalue weighted by molar-refractivity contribution is -0.144. The average Bonchev–Trinajstić information content (AvgIpc) is 2.87. The third-order valence-electron chi connectivity index (χ3n) is 2.45. The topological polar surface area (TPSA) is 110 Å². The zero-order chi connectivity index (χ0) is 14.1. The van der Waals surface area contributed by atoms with Gasteiger partial charge in [0.15, 0.2) is 0 Å². The van der Waals surface area contributed by atoms with Crippen molar-refractivity contribution >= 4 is 36.7 Å². The normalized spacial score (nSPS) is 10.8. The number of hydrogen-bond acceptors (Lipinski definition) is 5. The molecular formula is C12H22Cl2N4O3. The minimum Gasteiger partial charge on any atom is -0.464 e. The van der Waals surface area contributed by atoms with Crippen molar-refractivity contribution in [3.63, 3.8) is 0 Å². The number of nitrogens with zero attached hydrogens (tertiary/aromatic N) is 1. The molecule has 0 aliphatic carbocycles. The van der Waals surface area contributed by atoms with Crippen LogP contribution in [0.15, 0.2) is 12.5 Å². The van der Waals surface area contributed by atoms with Crippen molar-refractivity contribution in [2.45, 2.75) is 32.2 Å². The van der Waals surface area contributed by atoms with E-state index in [2.05, 4.69) is 15.3 Å². The number of nitrogens with one attached hydrogen (secondary N) is 2. The van der Waals surface area contributed by atoms with E-state index in [1.807, 2.05) is 6.92 Å². The Hall–Kier alpha value is -1.31. The first kappa shape index (κ1) is 22.0. The third-order valence-corrected chi connectivity index (χ3v) is 2.45. The van der Waals surface area contributed by atoms with Crippen LogP contribution in [0.25, 0.3) is 0 Å². The molecule has 0 bridgehead atoms. The standard InChI is InChI=1S/C12H20N4O3.2ClH/c1-2-3-11(17)19-5-4-15-12(18)10(13)6-9-7-14-8-16-9;;/h7-8,10H,2-6,13H2,1H3,(H,14,16)(H,15,18);2*1H/t10-;;/m0../s1. The molecule has 1 aromatic rings. The maximum atomic E-state index is 11.6. The maximum Gasteiger partial charge on any atom is 0.305 e. The number of carbonyl (C=O) groups is 2. The summed E-state index contributed by atoms with van der Waals surface area (Å²) >= 11 is 0. The van der Waals surface area contributed by atoms with Gasteiger partial charge in [-0.3, -0.25) is 9.59 Å². The second-order valence-corrected chi connectivity index (χ2v) is 4.15. The molecule has 1 atom stereocenters. The van der Waals surface area contributed by atoms with Crippen LogP contribution in [0.5, 0.6) is 0 Å². The Kier molecular flexibility index (Phi) is 13.0. The van der Waals surface area contributed by atoms with E-state index in [1.165, 1.54) is 6.33 Å². The summed E-state index contributed by atoms with van der Waals surface area (Å²) in [5.74, 6) is -0.528. The highest BCUT2D eigenvalue weighted by Gasteiger charge is 2.14. The molecule has 0 aromatic carbocycles. The first-order valence-electron chi connectivity index (χ1n) is 6.29. The summed E-state index contributed by atoms with van der Waals surface area (Å²) < 4.78 is 4.91. The van der Waals surface area contributed by atoms with Crippen LogP contribution < -0.4 is 11.1 Å². The summed E-state index contributed by atoms with van der Waals surface area (Å²) in [5, 5.41) is 2.62. The van der Waals surface area contributed by atoms with Gasteiger partial charge in [-0.15, -0.1) is 24.8 Å². The number of nitrogens with two attached hydrogens (primary N) is 1. The first-order valence-corrected chi connectivity index (χ1v) is 6.29. The fourth-order valence-electron chi connectivity index (χ4n) is 1.47. The molecular weight excluding hydrogens is 319 g/mol. The molecule has 1 heterocycles. The number of hydrogen-bond donors (Lipinski definition) is 3. The zero-order valence-corrected chi connectivity index (χ0v) is 13.5. The van der Waals surface area contributed by atoms with Gasteiger partial charge in [0, 0.05) is 24.7 Å². The van der Waals surface area contributed by atoms with E-state index in [1.54, 1.807) is 6.20 Å². The number of ether oxygens (including phenoxy) is 1. The molecule has 0 aliphatic heterocycles. The van der Waals surface area contributed by atoms with Gasteiger partial charge in [-0.25, -0.2) is 4.98 Å². The van der Waals surface area contributed by atoms with Crippen LogP contribution in [0.3, 0.4) is 0 Å². The molecule has 4 N–H and O–H groups in total. The molecule has 1 amide bonds. The molecule has 1 aromatic heterocycles. The molecule has 0 aliphatic rings. The lowest BCUT2D eigenvalue weighted by Crippen LogP contribution is -2.43. The molecule has 0 spiro atoms. The zero-order valence-electron chi connectivity index (χ0n) is 11.8. The number of rotatable bonds is 8. The average molecular weight is 341 g/mol. The molecule has 122 valence electrons. The van der Waals surface area contributed by atoms with Crippen molar-refractivity contribution in [1.82, 2.24) is 15.3 Å². The SMILES string of the molecule is CCCC(=O)OCCNC(=O)[C@@H](N)Cc1cnc[nH]1.Cl.Cl. The Morgan fingerprint density at radius 2 is 2.19 bits per heavy atom. The summed E-state index contributed by atoms with van der Waals surface area (Å²) in [6, 6.07) is -0.646. The van der Waals surface area contributed by atoms with E-state index in [0.29, 0.717) is 12.8 Å². The van der Waals surface area contributed by atoms with E-state index >= 15 is 0 Å². The molecule has 21 heavy (non-hydrogen) atoms. The lowest BCUT2D eigenvalue weighted by Gasteiger charge is -2.11. The van der Waals surface area contributed by atoms with Gasteiger partial charge < -0.3 is 20.8 Å². The molecule has 0 unspecified atom stereocenters. The number of halogens is 2. The van der Waals surface area contributed by atoms with Crippen LogP contribution >= 0.6 is 24.8 Å². The highest BCUT2D eigenvalue weighted by Crippen LogP contribution is 1.96. The number of amides is 1. The van der Waals surface area contributed by atoms with E-state index in [0.717, 1.165) is 12.1 Å². The number of carbonyl (C=O) groups excluding carboxylic acids is 2. The van der Waals surface area contributed by atoms with E-state index in [9.17, 15) is 9.59 Å². The predicted molar refractivity (Wildman–Crippen MR) is 83.6 cm³/mol.